The summed E-state index contributed by atoms with van der Waals surface area (Å²) in [4.78, 5) is 2.45. The molecule has 10 rings (SSSR count). The topological polar surface area (TPSA) is 16.4 Å². The van der Waals surface area contributed by atoms with Gasteiger partial charge in [-0.2, -0.15) is 0 Å². The fourth-order valence-electron chi connectivity index (χ4n) is 8.36. The van der Waals surface area contributed by atoms with Gasteiger partial charge in [0.05, 0.1) is 11.4 Å². The summed E-state index contributed by atoms with van der Waals surface area (Å²) < 4.78 is 6.56. The Balaban J connectivity index is 1.28. The van der Waals surface area contributed by atoms with Gasteiger partial charge in [-0.25, -0.2) is 0 Å². The van der Waals surface area contributed by atoms with Gasteiger partial charge in [0.25, 0.3) is 0 Å². The van der Waals surface area contributed by atoms with Crippen LogP contribution in [0.25, 0.3) is 76.9 Å². The summed E-state index contributed by atoms with van der Waals surface area (Å²) in [6.45, 7) is 6.79. The molecule has 0 radical (unpaired) electrons. The quantitative estimate of drug-likeness (QED) is 0.170. The lowest BCUT2D eigenvalue weighted by Gasteiger charge is -2.31. The Hall–Kier alpha value is -6.90. The SMILES string of the molecule is CC(C)(C)c1ccc(-c2ccc(N(c3ccc4c(c3)oc3ccccc34)c3ccc4ccccc4c3-c3cccc4ccccc34)c(-c3ccccc3)c2)cc1. The number of benzene rings is 9. The molecule has 0 N–H and O–H groups in total. The Labute approximate surface area is 327 Å². The van der Waals surface area contributed by atoms with E-state index in [4.69, 9.17) is 4.42 Å². The van der Waals surface area contributed by atoms with Crippen LogP contribution in [0.15, 0.2) is 199 Å². The van der Waals surface area contributed by atoms with Crippen LogP contribution >= 0.6 is 0 Å². The van der Waals surface area contributed by atoms with Crippen LogP contribution in [0.5, 0.6) is 0 Å². The van der Waals surface area contributed by atoms with Gasteiger partial charge in [0.15, 0.2) is 0 Å². The number of anilines is 3. The third-order valence-electron chi connectivity index (χ3n) is 11.2. The van der Waals surface area contributed by atoms with Gasteiger partial charge < -0.3 is 9.32 Å². The molecule has 9 aromatic carbocycles. The van der Waals surface area contributed by atoms with Crippen molar-refractivity contribution in [2.75, 3.05) is 4.90 Å². The second-order valence-electron chi connectivity index (χ2n) is 15.7. The monoisotopic (exact) mass is 719 g/mol. The van der Waals surface area contributed by atoms with Crippen molar-refractivity contribution < 1.29 is 4.42 Å². The second-order valence-corrected chi connectivity index (χ2v) is 15.7. The number of fused-ring (bicyclic) bond motifs is 5. The summed E-state index contributed by atoms with van der Waals surface area (Å²) in [7, 11) is 0. The van der Waals surface area contributed by atoms with Crippen molar-refractivity contribution in [1.82, 2.24) is 0 Å². The molecular weight excluding hydrogens is 679 g/mol. The molecule has 0 saturated carbocycles. The Morgan fingerprint density at radius 1 is 0.393 bits per heavy atom. The number of hydrogen-bond acceptors (Lipinski definition) is 2. The highest BCUT2D eigenvalue weighted by Crippen LogP contribution is 2.49. The largest absolute Gasteiger partial charge is 0.456 e. The lowest BCUT2D eigenvalue weighted by atomic mass is 9.86. The molecule has 0 aliphatic carbocycles. The molecule has 0 atom stereocenters. The zero-order valence-corrected chi connectivity index (χ0v) is 31.8. The van der Waals surface area contributed by atoms with Gasteiger partial charge in [0.2, 0.25) is 0 Å². The van der Waals surface area contributed by atoms with Crippen molar-refractivity contribution in [3.05, 3.63) is 200 Å². The number of rotatable bonds is 6. The molecule has 0 spiro atoms. The van der Waals surface area contributed by atoms with Gasteiger partial charge in [-0.05, 0) is 91.2 Å². The van der Waals surface area contributed by atoms with Gasteiger partial charge in [-0.3, -0.25) is 0 Å². The average molecular weight is 720 g/mol. The van der Waals surface area contributed by atoms with Gasteiger partial charge in [0, 0.05) is 33.7 Å². The Morgan fingerprint density at radius 3 is 1.80 bits per heavy atom. The Bertz CT molecular complexity index is 3050. The minimum Gasteiger partial charge on any atom is -0.456 e. The maximum absolute atomic E-state index is 6.56. The molecule has 0 fully saturated rings. The van der Waals surface area contributed by atoms with E-state index < -0.39 is 0 Å². The predicted molar refractivity (Wildman–Crippen MR) is 238 cm³/mol. The van der Waals surface area contributed by atoms with Crippen molar-refractivity contribution in [2.45, 2.75) is 26.2 Å². The maximum Gasteiger partial charge on any atom is 0.137 e. The first-order chi connectivity index (χ1) is 27.4. The standard InChI is InChI=1S/C54H41NO/c1-54(2,3)41-28-24-36(25-29-41)40-27-32-49(48(34-40)38-14-5-4-6-15-38)55(42-30-31-46-45-21-11-12-23-51(45)56-52(46)35-42)50-33-26-39-17-8-10-20-44(39)53(50)47-22-13-18-37-16-7-9-19-43(37)47/h4-35H,1-3H3. The van der Waals surface area contributed by atoms with Crippen molar-refractivity contribution in [3.8, 4) is 33.4 Å². The highest BCUT2D eigenvalue weighted by Gasteiger charge is 2.25. The summed E-state index contributed by atoms with van der Waals surface area (Å²) in [6.07, 6.45) is 0. The fraction of sp³-hybridized carbons (Fsp3) is 0.0741. The molecule has 56 heavy (non-hydrogen) atoms. The van der Waals surface area contributed by atoms with E-state index in [-0.39, 0.29) is 5.41 Å². The molecule has 10 aromatic rings. The molecule has 0 amide bonds. The van der Waals surface area contributed by atoms with Gasteiger partial charge in [0.1, 0.15) is 11.2 Å². The average Bonchev–Trinajstić information content (AvgIpc) is 3.62. The van der Waals surface area contributed by atoms with Crippen LogP contribution in [-0.2, 0) is 5.41 Å². The van der Waals surface area contributed by atoms with Crippen molar-refractivity contribution in [2.24, 2.45) is 0 Å². The van der Waals surface area contributed by atoms with Crippen LogP contribution in [0, 0.1) is 0 Å². The van der Waals surface area contributed by atoms with E-state index in [2.05, 4.69) is 214 Å². The molecule has 0 aliphatic rings. The molecule has 1 aromatic heterocycles. The highest BCUT2D eigenvalue weighted by atomic mass is 16.3. The minimum atomic E-state index is 0.0840. The highest BCUT2D eigenvalue weighted by molar-refractivity contribution is 6.13. The van der Waals surface area contributed by atoms with E-state index in [1.165, 1.54) is 49.4 Å². The number of nitrogens with zero attached hydrogens (tertiary/aromatic N) is 1. The van der Waals surface area contributed by atoms with E-state index >= 15 is 0 Å². The number of furan rings is 1. The van der Waals surface area contributed by atoms with E-state index in [9.17, 15) is 0 Å². The van der Waals surface area contributed by atoms with E-state index in [0.29, 0.717) is 0 Å². The zero-order valence-electron chi connectivity index (χ0n) is 31.8. The fourth-order valence-corrected chi connectivity index (χ4v) is 8.36. The summed E-state index contributed by atoms with van der Waals surface area (Å²) >= 11 is 0. The Morgan fingerprint density at radius 2 is 1.02 bits per heavy atom. The van der Waals surface area contributed by atoms with Crippen molar-refractivity contribution in [3.63, 3.8) is 0 Å². The minimum absolute atomic E-state index is 0.0840. The van der Waals surface area contributed by atoms with Gasteiger partial charge >= 0.3 is 0 Å². The first kappa shape index (κ1) is 33.7. The maximum atomic E-state index is 6.56. The molecule has 0 unspecified atom stereocenters. The number of para-hydroxylation sites is 1. The summed E-state index contributed by atoms with van der Waals surface area (Å²) in [5.41, 5.74) is 13.4. The van der Waals surface area contributed by atoms with Crippen LogP contribution in [0.1, 0.15) is 26.3 Å². The molecular formula is C54H41NO. The molecule has 268 valence electrons. The first-order valence-electron chi connectivity index (χ1n) is 19.4. The van der Waals surface area contributed by atoms with Crippen LogP contribution in [0.3, 0.4) is 0 Å². The summed E-state index contributed by atoms with van der Waals surface area (Å²) in [5, 5.41) is 7.06. The predicted octanol–water partition coefficient (Wildman–Crippen LogP) is 15.7. The van der Waals surface area contributed by atoms with Crippen molar-refractivity contribution in [1.29, 1.82) is 0 Å². The van der Waals surface area contributed by atoms with E-state index in [1.807, 2.05) is 6.07 Å². The van der Waals surface area contributed by atoms with Crippen LogP contribution in [0.2, 0.25) is 0 Å². The van der Waals surface area contributed by atoms with Crippen LogP contribution < -0.4 is 4.90 Å². The smallest absolute Gasteiger partial charge is 0.137 e. The number of hydrogen-bond donors (Lipinski definition) is 0. The Kier molecular flexibility index (Phi) is 8.08. The van der Waals surface area contributed by atoms with Crippen LogP contribution in [0.4, 0.5) is 17.1 Å². The zero-order chi connectivity index (χ0) is 37.8. The molecule has 0 saturated heterocycles. The third-order valence-corrected chi connectivity index (χ3v) is 11.2. The molecule has 0 bridgehead atoms. The molecule has 1 heterocycles. The first-order valence-corrected chi connectivity index (χ1v) is 19.4. The van der Waals surface area contributed by atoms with Crippen molar-refractivity contribution >= 4 is 60.5 Å². The van der Waals surface area contributed by atoms with E-state index in [0.717, 1.165) is 50.1 Å². The molecule has 2 nitrogen and oxygen atoms in total. The normalized spacial score (nSPS) is 11.8. The second kappa shape index (κ2) is 13.4. The molecule has 2 heteroatoms. The molecule has 0 aliphatic heterocycles. The third kappa shape index (κ3) is 5.82. The lowest BCUT2D eigenvalue weighted by molar-refractivity contribution is 0.590. The van der Waals surface area contributed by atoms with Gasteiger partial charge in [-0.15, -0.1) is 0 Å². The summed E-state index contributed by atoms with van der Waals surface area (Å²) in [5.74, 6) is 0. The van der Waals surface area contributed by atoms with Crippen LogP contribution in [-0.4, -0.2) is 0 Å². The van der Waals surface area contributed by atoms with Gasteiger partial charge in [-0.1, -0.05) is 172 Å². The lowest BCUT2D eigenvalue weighted by Crippen LogP contribution is -2.13. The summed E-state index contributed by atoms with van der Waals surface area (Å²) in [6, 6.07) is 70.5. The van der Waals surface area contributed by atoms with E-state index in [1.54, 1.807) is 0 Å².